The van der Waals surface area contributed by atoms with E-state index in [-0.39, 0.29) is 18.3 Å². The Morgan fingerprint density at radius 1 is 0.810 bits per heavy atom. The average molecular weight is 284 g/mol. The Bertz CT molecular complexity index is 555. The highest BCUT2D eigenvalue weighted by molar-refractivity contribution is 6.63. The molecule has 21 heavy (non-hydrogen) atoms. The summed E-state index contributed by atoms with van der Waals surface area (Å²) in [6.45, 7) is 8.60. The van der Waals surface area contributed by atoms with Gasteiger partial charge in [-0.2, -0.15) is 0 Å². The van der Waals surface area contributed by atoms with Gasteiger partial charge in [0.1, 0.15) is 0 Å². The first-order valence-corrected chi connectivity index (χ1v) is 8.41. The third kappa shape index (κ3) is 1.93. The van der Waals surface area contributed by atoms with Gasteiger partial charge in [0, 0.05) is 0 Å². The third-order valence-corrected chi connectivity index (χ3v) is 6.01. The van der Waals surface area contributed by atoms with Crippen LogP contribution in [-0.2, 0) is 35.0 Å². The zero-order chi connectivity index (χ0) is 14.8. The SMILES string of the molecule is CC1(C)OB(c2c3c(cc4c2CCC4)CCC3)OC1(C)C. The van der Waals surface area contributed by atoms with Crippen LogP contribution in [-0.4, -0.2) is 18.3 Å². The van der Waals surface area contributed by atoms with E-state index in [1.807, 2.05) is 0 Å². The minimum Gasteiger partial charge on any atom is -0.399 e. The fourth-order valence-corrected chi connectivity index (χ4v) is 4.11. The zero-order valence-electron chi connectivity index (χ0n) is 13.7. The maximum absolute atomic E-state index is 6.38. The molecule has 0 amide bonds. The summed E-state index contributed by atoms with van der Waals surface area (Å²) in [5.74, 6) is 0. The summed E-state index contributed by atoms with van der Waals surface area (Å²) in [5.41, 5.74) is 7.09. The Balaban J connectivity index is 1.83. The second-order valence-corrected chi connectivity index (χ2v) is 7.86. The maximum atomic E-state index is 6.38. The van der Waals surface area contributed by atoms with Crippen molar-refractivity contribution in [2.75, 3.05) is 0 Å². The summed E-state index contributed by atoms with van der Waals surface area (Å²) in [5, 5.41) is 0. The van der Waals surface area contributed by atoms with Crippen molar-refractivity contribution in [1.29, 1.82) is 0 Å². The number of fused-ring (bicyclic) bond motifs is 2. The monoisotopic (exact) mass is 284 g/mol. The molecule has 112 valence electrons. The number of aryl methyl sites for hydroxylation is 2. The van der Waals surface area contributed by atoms with E-state index < -0.39 is 0 Å². The normalized spacial score (nSPS) is 25.2. The van der Waals surface area contributed by atoms with Gasteiger partial charge in [-0.25, -0.2) is 0 Å². The van der Waals surface area contributed by atoms with Crippen molar-refractivity contribution in [3.63, 3.8) is 0 Å². The average Bonchev–Trinajstić information content (AvgIpc) is 3.04. The van der Waals surface area contributed by atoms with E-state index >= 15 is 0 Å². The van der Waals surface area contributed by atoms with Crippen LogP contribution in [0.3, 0.4) is 0 Å². The number of hydrogen-bond donors (Lipinski definition) is 0. The molecule has 1 heterocycles. The maximum Gasteiger partial charge on any atom is 0.495 e. The fraction of sp³-hybridized carbons (Fsp3) is 0.667. The molecular weight excluding hydrogens is 259 g/mol. The summed E-state index contributed by atoms with van der Waals surface area (Å²) >= 11 is 0. The van der Waals surface area contributed by atoms with Crippen molar-refractivity contribution in [3.8, 4) is 0 Å². The predicted molar refractivity (Wildman–Crippen MR) is 86.2 cm³/mol. The molecule has 1 aromatic carbocycles. The topological polar surface area (TPSA) is 18.5 Å². The Morgan fingerprint density at radius 2 is 1.29 bits per heavy atom. The first-order chi connectivity index (χ1) is 9.89. The van der Waals surface area contributed by atoms with Gasteiger partial charge in [0.25, 0.3) is 0 Å². The predicted octanol–water partition coefficient (Wildman–Crippen LogP) is 2.96. The zero-order valence-corrected chi connectivity index (χ0v) is 13.7. The smallest absolute Gasteiger partial charge is 0.399 e. The lowest BCUT2D eigenvalue weighted by atomic mass is 9.71. The van der Waals surface area contributed by atoms with E-state index in [9.17, 15) is 0 Å². The van der Waals surface area contributed by atoms with Gasteiger partial charge >= 0.3 is 7.12 Å². The quantitative estimate of drug-likeness (QED) is 0.738. The van der Waals surface area contributed by atoms with Crippen LogP contribution >= 0.6 is 0 Å². The van der Waals surface area contributed by atoms with Gasteiger partial charge in [0.15, 0.2) is 0 Å². The highest BCUT2D eigenvalue weighted by Crippen LogP contribution is 2.39. The molecule has 0 aromatic heterocycles. The van der Waals surface area contributed by atoms with Crippen LogP contribution in [0.4, 0.5) is 0 Å². The van der Waals surface area contributed by atoms with Gasteiger partial charge in [-0.05, 0) is 93.9 Å². The van der Waals surface area contributed by atoms with E-state index in [2.05, 4.69) is 33.8 Å². The van der Waals surface area contributed by atoms with Crippen LogP contribution in [0.5, 0.6) is 0 Å². The van der Waals surface area contributed by atoms with Crippen molar-refractivity contribution in [3.05, 3.63) is 28.3 Å². The van der Waals surface area contributed by atoms with Crippen LogP contribution in [0, 0.1) is 0 Å². The van der Waals surface area contributed by atoms with Crippen molar-refractivity contribution in [2.45, 2.75) is 77.4 Å². The van der Waals surface area contributed by atoms with E-state index in [1.165, 1.54) is 55.1 Å². The van der Waals surface area contributed by atoms with Gasteiger partial charge in [0.2, 0.25) is 0 Å². The van der Waals surface area contributed by atoms with Gasteiger partial charge in [-0.3, -0.25) is 0 Å². The lowest BCUT2D eigenvalue weighted by molar-refractivity contribution is 0.00578. The Labute approximate surface area is 128 Å². The fourth-order valence-electron chi connectivity index (χ4n) is 4.11. The van der Waals surface area contributed by atoms with Gasteiger partial charge in [0.05, 0.1) is 11.2 Å². The minimum atomic E-state index is -0.246. The van der Waals surface area contributed by atoms with E-state index in [4.69, 9.17) is 9.31 Å². The van der Waals surface area contributed by atoms with Crippen LogP contribution < -0.4 is 5.46 Å². The summed E-state index contributed by atoms with van der Waals surface area (Å²) in [6, 6.07) is 2.47. The lowest BCUT2D eigenvalue weighted by Gasteiger charge is -2.32. The molecule has 2 nitrogen and oxygen atoms in total. The van der Waals surface area contributed by atoms with E-state index in [0.717, 1.165) is 0 Å². The molecule has 0 radical (unpaired) electrons. The highest BCUT2D eigenvalue weighted by atomic mass is 16.7. The van der Waals surface area contributed by atoms with Crippen LogP contribution in [0.1, 0.15) is 62.8 Å². The number of rotatable bonds is 1. The van der Waals surface area contributed by atoms with Gasteiger partial charge in [-0.15, -0.1) is 0 Å². The molecule has 0 saturated carbocycles. The van der Waals surface area contributed by atoms with Crippen LogP contribution in [0.2, 0.25) is 0 Å². The van der Waals surface area contributed by atoms with Crippen molar-refractivity contribution >= 4 is 12.6 Å². The minimum absolute atomic E-state index is 0.171. The molecule has 0 spiro atoms. The Morgan fingerprint density at radius 3 is 1.76 bits per heavy atom. The number of hydrogen-bond acceptors (Lipinski definition) is 2. The molecule has 3 aliphatic rings. The highest BCUT2D eigenvalue weighted by Gasteiger charge is 2.53. The van der Waals surface area contributed by atoms with E-state index in [0.29, 0.717) is 0 Å². The van der Waals surface area contributed by atoms with Crippen LogP contribution in [0.15, 0.2) is 6.07 Å². The summed E-state index contributed by atoms with van der Waals surface area (Å²) in [6.07, 6.45) is 7.42. The second kappa shape index (κ2) is 4.36. The molecule has 0 atom stereocenters. The van der Waals surface area contributed by atoms with Crippen LogP contribution in [0.25, 0.3) is 0 Å². The molecule has 2 aliphatic carbocycles. The Hall–Kier alpha value is -0.795. The largest absolute Gasteiger partial charge is 0.495 e. The molecule has 4 rings (SSSR count). The molecule has 3 heteroatoms. The molecule has 1 aliphatic heterocycles. The van der Waals surface area contributed by atoms with Gasteiger partial charge < -0.3 is 9.31 Å². The van der Waals surface area contributed by atoms with Gasteiger partial charge in [-0.1, -0.05) is 6.07 Å². The molecule has 0 N–H and O–H groups in total. The van der Waals surface area contributed by atoms with E-state index in [1.54, 1.807) is 11.1 Å². The lowest BCUT2D eigenvalue weighted by Crippen LogP contribution is -2.41. The first kappa shape index (κ1) is 13.8. The summed E-state index contributed by atoms with van der Waals surface area (Å²) in [7, 11) is -0.171. The molecule has 1 fully saturated rings. The molecule has 1 aromatic rings. The molecule has 0 bridgehead atoms. The Kier molecular flexibility index (Phi) is 2.87. The molecule has 0 unspecified atom stereocenters. The third-order valence-electron chi connectivity index (χ3n) is 6.01. The van der Waals surface area contributed by atoms with Crippen molar-refractivity contribution < 1.29 is 9.31 Å². The summed E-state index contributed by atoms with van der Waals surface area (Å²) < 4.78 is 12.8. The van der Waals surface area contributed by atoms with Crippen molar-refractivity contribution in [2.24, 2.45) is 0 Å². The number of benzene rings is 1. The standard InChI is InChI=1S/C18H25BO2/c1-17(2)18(3,4)21-19(20-17)16-14-9-5-7-12(14)11-13-8-6-10-15(13)16/h11H,5-10H2,1-4H3. The summed E-state index contributed by atoms with van der Waals surface area (Å²) in [4.78, 5) is 0. The first-order valence-electron chi connectivity index (χ1n) is 8.41. The van der Waals surface area contributed by atoms with Crippen molar-refractivity contribution in [1.82, 2.24) is 0 Å². The second-order valence-electron chi connectivity index (χ2n) is 7.86. The molecular formula is C18H25BO2. The molecule has 1 saturated heterocycles.